The van der Waals surface area contributed by atoms with Crippen molar-refractivity contribution in [3.8, 4) is 10.6 Å². The number of fused-ring (bicyclic) bond motifs is 1. The number of aliphatic hydroxyl groups excluding tert-OH is 2. The monoisotopic (exact) mass is 511 g/mol. The number of amides is 2. The largest absolute Gasteiger partial charge is 0.395 e. The normalized spacial score (nSPS) is 11.4. The highest BCUT2D eigenvalue weighted by molar-refractivity contribution is 7.13. The molecule has 0 fully saturated rings. The molecule has 2 amide bonds. The highest BCUT2D eigenvalue weighted by Crippen LogP contribution is 2.32. The molecule has 0 aliphatic heterocycles. The van der Waals surface area contributed by atoms with Crippen LogP contribution in [0.15, 0.2) is 54.0 Å². The van der Waals surface area contributed by atoms with Crippen molar-refractivity contribution >= 4 is 34.0 Å². The minimum absolute atomic E-state index is 0.0231. The lowest BCUT2D eigenvalue weighted by atomic mass is 10.1. The standard InChI is InChI=1S/C26H30FN5O3S/c1-2-32-16-23(30-26(35)28-14-18-3-6-20(27)7-4-18)22-13-19(5-8-24(22)32)25-29-21(17-36-25)15-31(9-11-33)10-12-34/h3-8,13,16-17,33-34H,2,9-12,14-15H2,1H3,(H2,28,30,35). The van der Waals surface area contributed by atoms with E-state index in [9.17, 15) is 19.4 Å². The van der Waals surface area contributed by atoms with Gasteiger partial charge >= 0.3 is 6.03 Å². The molecule has 4 N–H and O–H groups in total. The molecule has 4 aromatic rings. The van der Waals surface area contributed by atoms with Crippen LogP contribution in [-0.2, 0) is 19.6 Å². The predicted molar refractivity (Wildman–Crippen MR) is 140 cm³/mol. The minimum atomic E-state index is -0.343. The lowest BCUT2D eigenvalue weighted by molar-refractivity contribution is 0.155. The summed E-state index contributed by atoms with van der Waals surface area (Å²) >= 11 is 1.53. The Morgan fingerprint density at radius 1 is 1.14 bits per heavy atom. The van der Waals surface area contributed by atoms with E-state index < -0.39 is 0 Å². The fourth-order valence-electron chi connectivity index (χ4n) is 4.04. The van der Waals surface area contributed by atoms with E-state index in [1.165, 1.54) is 23.5 Å². The molecular weight excluding hydrogens is 481 g/mol. The van der Waals surface area contributed by atoms with E-state index in [2.05, 4.69) is 15.2 Å². The van der Waals surface area contributed by atoms with Gasteiger partial charge in [-0.1, -0.05) is 12.1 Å². The number of rotatable bonds is 11. The van der Waals surface area contributed by atoms with Crippen LogP contribution in [0.3, 0.4) is 0 Å². The number of nitrogens with zero attached hydrogens (tertiary/aromatic N) is 3. The maximum Gasteiger partial charge on any atom is 0.319 e. The number of hydrogen-bond acceptors (Lipinski definition) is 6. The number of benzene rings is 2. The maximum atomic E-state index is 13.1. The first-order chi connectivity index (χ1) is 17.5. The molecule has 0 aliphatic rings. The second-order valence-corrected chi connectivity index (χ2v) is 9.22. The van der Waals surface area contributed by atoms with Crippen LogP contribution in [0.25, 0.3) is 21.5 Å². The van der Waals surface area contributed by atoms with Crippen LogP contribution >= 0.6 is 11.3 Å². The Kier molecular flexibility index (Phi) is 8.65. The quantitative estimate of drug-likeness (QED) is 0.244. The molecule has 2 heterocycles. The van der Waals surface area contributed by atoms with Crippen molar-refractivity contribution in [1.82, 2.24) is 19.8 Å². The summed E-state index contributed by atoms with van der Waals surface area (Å²) in [4.78, 5) is 19.3. The number of thiazole rings is 1. The van der Waals surface area contributed by atoms with Gasteiger partial charge in [-0.2, -0.15) is 0 Å². The van der Waals surface area contributed by atoms with Crippen molar-refractivity contribution in [3.63, 3.8) is 0 Å². The fourth-order valence-corrected chi connectivity index (χ4v) is 4.84. The number of carbonyl (C=O) groups is 1. The molecule has 0 spiro atoms. The predicted octanol–water partition coefficient (Wildman–Crippen LogP) is 4.03. The first-order valence-electron chi connectivity index (χ1n) is 11.8. The zero-order chi connectivity index (χ0) is 25.5. The van der Waals surface area contributed by atoms with Crippen LogP contribution < -0.4 is 10.6 Å². The topological polar surface area (TPSA) is 103 Å². The summed E-state index contributed by atoms with van der Waals surface area (Å²) in [5.74, 6) is -0.314. The van der Waals surface area contributed by atoms with E-state index in [0.29, 0.717) is 25.3 Å². The lowest BCUT2D eigenvalue weighted by Gasteiger charge is -2.18. The van der Waals surface area contributed by atoms with Gasteiger partial charge in [-0.25, -0.2) is 14.2 Å². The summed E-state index contributed by atoms with van der Waals surface area (Å²) in [6, 6.07) is 11.7. The fraction of sp³-hybridized carbons (Fsp3) is 0.308. The second kappa shape index (κ2) is 12.1. The third kappa shape index (κ3) is 6.27. The zero-order valence-corrected chi connectivity index (χ0v) is 20.9. The van der Waals surface area contributed by atoms with E-state index in [1.54, 1.807) is 12.1 Å². The number of halogens is 1. The maximum absolute atomic E-state index is 13.1. The minimum Gasteiger partial charge on any atom is -0.395 e. The van der Waals surface area contributed by atoms with Crippen molar-refractivity contribution < 1.29 is 19.4 Å². The van der Waals surface area contributed by atoms with E-state index in [4.69, 9.17) is 4.98 Å². The van der Waals surface area contributed by atoms with Crippen LogP contribution in [0.2, 0.25) is 0 Å². The highest BCUT2D eigenvalue weighted by Gasteiger charge is 2.14. The van der Waals surface area contributed by atoms with Gasteiger partial charge in [-0.05, 0) is 42.8 Å². The van der Waals surface area contributed by atoms with Crippen LogP contribution in [0.5, 0.6) is 0 Å². The first kappa shape index (κ1) is 25.8. The number of aryl methyl sites for hydroxylation is 1. The Hall–Kier alpha value is -3.31. The molecule has 8 nitrogen and oxygen atoms in total. The molecule has 0 atom stereocenters. The molecule has 0 radical (unpaired) electrons. The van der Waals surface area contributed by atoms with Crippen LogP contribution in [0.4, 0.5) is 14.9 Å². The second-order valence-electron chi connectivity index (χ2n) is 8.36. The van der Waals surface area contributed by atoms with Gasteiger partial charge in [0.15, 0.2) is 0 Å². The summed E-state index contributed by atoms with van der Waals surface area (Å²) in [5, 5.41) is 28.0. The Morgan fingerprint density at radius 3 is 2.58 bits per heavy atom. The van der Waals surface area contributed by atoms with E-state index in [0.717, 1.165) is 39.3 Å². The number of urea groups is 1. The van der Waals surface area contributed by atoms with E-state index in [-0.39, 0.29) is 31.6 Å². The highest BCUT2D eigenvalue weighted by atomic mass is 32.1. The van der Waals surface area contributed by atoms with Crippen molar-refractivity contribution in [1.29, 1.82) is 0 Å². The number of hydrogen-bond donors (Lipinski definition) is 4. The molecule has 190 valence electrons. The van der Waals surface area contributed by atoms with Crippen LogP contribution in [0.1, 0.15) is 18.2 Å². The summed E-state index contributed by atoms with van der Waals surface area (Å²) in [5.41, 5.74) is 4.32. The third-order valence-corrected chi connectivity index (χ3v) is 6.79. The summed E-state index contributed by atoms with van der Waals surface area (Å²) in [6.07, 6.45) is 1.92. The number of nitrogens with one attached hydrogen (secondary N) is 2. The van der Waals surface area contributed by atoms with Gasteiger partial charge in [0.1, 0.15) is 10.8 Å². The number of aromatic nitrogens is 2. The molecule has 0 unspecified atom stereocenters. The molecule has 0 saturated carbocycles. The Bertz CT molecular complexity index is 1300. The number of anilines is 1. The smallest absolute Gasteiger partial charge is 0.319 e. The number of aliphatic hydroxyl groups is 2. The van der Waals surface area contributed by atoms with Gasteiger partial charge in [-0.3, -0.25) is 4.90 Å². The number of carbonyl (C=O) groups excluding carboxylic acids is 1. The molecule has 36 heavy (non-hydrogen) atoms. The van der Waals surface area contributed by atoms with Gasteiger partial charge in [0.2, 0.25) is 0 Å². The Morgan fingerprint density at radius 2 is 1.89 bits per heavy atom. The molecule has 10 heteroatoms. The summed E-state index contributed by atoms with van der Waals surface area (Å²) in [6.45, 7) is 4.63. The van der Waals surface area contributed by atoms with Crippen molar-refractivity contribution in [2.45, 2.75) is 26.6 Å². The Balaban J connectivity index is 1.51. The van der Waals surface area contributed by atoms with Crippen molar-refractivity contribution in [2.75, 3.05) is 31.6 Å². The molecule has 2 aromatic heterocycles. The third-order valence-electron chi connectivity index (χ3n) is 5.85. The molecule has 0 bridgehead atoms. The molecule has 0 saturated heterocycles. The molecule has 0 aliphatic carbocycles. The van der Waals surface area contributed by atoms with Crippen LogP contribution in [0, 0.1) is 5.82 Å². The van der Waals surface area contributed by atoms with Gasteiger partial charge in [0.05, 0.1) is 30.1 Å². The van der Waals surface area contributed by atoms with Crippen LogP contribution in [-0.4, -0.2) is 57.0 Å². The Labute approximate surface area is 213 Å². The molecule has 4 rings (SSSR count). The average molecular weight is 512 g/mol. The lowest BCUT2D eigenvalue weighted by Crippen LogP contribution is -2.29. The van der Waals surface area contributed by atoms with Gasteiger partial charge in [-0.15, -0.1) is 11.3 Å². The zero-order valence-electron chi connectivity index (χ0n) is 20.1. The van der Waals surface area contributed by atoms with Crippen molar-refractivity contribution in [3.05, 3.63) is 71.1 Å². The SMILES string of the molecule is CCn1cc(NC(=O)NCc2ccc(F)cc2)c2cc(-c3nc(CN(CCO)CCO)cs3)ccc21. The van der Waals surface area contributed by atoms with E-state index in [1.807, 2.05) is 41.6 Å². The van der Waals surface area contributed by atoms with E-state index >= 15 is 0 Å². The van der Waals surface area contributed by atoms with Gasteiger partial charge < -0.3 is 25.4 Å². The molecular formula is C26H30FN5O3S. The van der Waals surface area contributed by atoms with Gasteiger partial charge in [0, 0.05) is 55.3 Å². The summed E-state index contributed by atoms with van der Waals surface area (Å²) in [7, 11) is 0. The summed E-state index contributed by atoms with van der Waals surface area (Å²) < 4.78 is 15.2. The van der Waals surface area contributed by atoms with Gasteiger partial charge in [0.25, 0.3) is 0 Å². The molecule has 2 aromatic carbocycles. The first-order valence-corrected chi connectivity index (χ1v) is 12.7. The van der Waals surface area contributed by atoms with Crippen molar-refractivity contribution in [2.24, 2.45) is 0 Å². The average Bonchev–Trinajstić information content (AvgIpc) is 3.48.